The first kappa shape index (κ1) is 20.3. The van der Waals surface area contributed by atoms with Crippen LogP contribution < -0.4 is 10.1 Å². The van der Waals surface area contributed by atoms with Crippen molar-refractivity contribution in [1.29, 1.82) is 0 Å². The van der Waals surface area contributed by atoms with Gasteiger partial charge in [0.25, 0.3) is 0 Å². The zero-order valence-electron chi connectivity index (χ0n) is 16.3. The van der Waals surface area contributed by atoms with Crippen LogP contribution in [0.1, 0.15) is 30.0 Å². The van der Waals surface area contributed by atoms with Crippen LogP contribution in [0.5, 0.6) is 5.75 Å². The van der Waals surface area contributed by atoms with Crippen LogP contribution in [-0.4, -0.2) is 41.9 Å². The predicted molar refractivity (Wildman–Crippen MR) is 114 cm³/mol. The van der Waals surface area contributed by atoms with Crippen molar-refractivity contribution in [2.24, 2.45) is 0 Å². The lowest BCUT2D eigenvalue weighted by atomic mass is 10.0. The molecule has 148 valence electrons. The monoisotopic (exact) mass is 398 g/mol. The maximum Gasteiger partial charge on any atom is 0.234 e. The molecule has 0 aromatic heterocycles. The molecule has 2 amide bonds. The van der Waals surface area contributed by atoms with Crippen LogP contribution in [0.15, 0.2) is 48.5 Å². The number of nitrogens with zero attached hydrogens (tertiary/aromatic N) is 1. The number of hydrogen-bond acceptors (Lipinski definition) is 4. The number of nitrogens with one attached hydrogen (secondary N) is 1. The number of anilines is 1. The summed E-state index contributed by atoms with van der Waals surface area (Å²) in [6, 6.07) is 15.7. The van der Waals surface area contributed by atoms with Crippen molar-refractivity contribution in [2.45, 2.75) is 25.8 Å². The number of methoxy groups -OCH3 is 1. The van der Waals surface area contributed by atoms with Crippen LogP contribution in [0.25, 0.3) is 0 Å². The van der Waals surface area contributed by atoms with E-state index in [9.17, 15) is 9.59 Å². The molecule has 5 nitrogen and oxygen atoms in total. The minimum Gasteiger partial charge on any atom is -0.497 e. The summed E-state index contributed by atoms with van der Waals surface area (Å²) in [5.41, 5.74) is 3.02. The summed E-state index contributed by atoms with van der Waals surface area (Å²) >= 11 is 1.36. The van der Waals surface area contributed by atoms with E-state index in [1.807, 2.05) is 60.4 Å². The Bertz CT molecular complexity index is 823. The number of hydrogen-bond donors (Lipinski definition) is 1. The number of amides is 2. The first-order chi connectivity index (χ1) is 13.6. The molecule has 1 unspecified atom stereocenters. The highest BCUT2D eigenvalue weighted by Gasteiger charge is 2.29. The predicted octanol–water partition coefficient (Wildman–Crippen LogP) is 4.04. The molecule has 28 heavy (non-hydrogen) atoms. The highest BCUT2D eigenvalue weighted by atomic mass is 32.2. The third-order valence-corrected chi connectivity index (χ3v) is 5.75. The maximum atomic E-state index is 12.7. The summed E-state index contributed by atoms with van der Waals surface area (Å²) < 4.78 is 5.21. The van der Waals surface area contributed by atoms with Crippen LogP contribution in [-0.2, 0) is 9.59 Å². The van der Waals surface area contributed by atoms with Gasteiger partial charge in [0.1, 0.15) is 5.75 Å². The number of likely N-dealkylation sites (tertiary alicyclic amines) is 1. The second-order valence-electron chi connectivity index (χ2n) is 6.93. The summed E-state index contributed by atoms with van der Waals surface area (Å²) in [4.78, 5) is 26.7. The molecule has 3 rings (SSSR count). The topological polar surface area (TPSA) is 58.6 Å². The van der Waals surface area contributed by atoms with Gasteiger partial charge in [0.15, 0.2) is 0 Å². The molecule has 0 saturated carbocycles. The maximum absolute atomic E-state index is 12.7. The van der Waals surface area contributed by atoms with Crippen molar-refractivity contribution in [2.75, 3.05) is 30.5 Å². The molecule has 1 fully saturated rings. The van der Waals surface area contributed by atoms with E-state index < -0.39 is 0 Å². The summed E-state index contributed by atoms with van der Waals surface area (Å²) in [5, 5.41) is 2.87. The zero-order chi connectivity index (χ0) is 19.9. The molecule has 1 aliphatic heterocycles. The zero-order valence-corrected chi connectivity index (χ0v) is 17.1. The van der Waals surface area contributed by atoms with E-state index in [-0.39, 0.29) is 23.6 Å². The highest BCUT2D eigenvalue weighted by Crippen LogP contribution is 2.33. The highest BCUT2D eigenvalue weighted by molar-refractivity contribution is 8.00. The number of thioether (sulfide) groups is 1. The Labute approximate surface area is 170 Å². The summed E-state index contributed by atoms with van der Waals surface area (Å²) in [5.74, 6) is 1.40. The van der Waals surface area contributed by atoms with Gasteiger partial charge in [-0.15, -0.1) is 11.8 Å². The van der Waals surface area contributed by atoms with Gasteiger partial charge in [-0.1, -0.05) is 24.3 Å². The van der Waals surface area contributed by atoms with E-state index in [0.29, 0.717) is 5.75 Å². The molecule has 6 heteroatoms. The first-order valence-corrected chi connectivity index (χ1v) is 10.6. The lowest BCUT2D eigenvalue weighted by molar-refractivity contribution is -0.129. The largest absolute Gasteiger partial charge is 0.497 e. The van der Waals surface area contributed by atoms with E-state index in [0.717, 1.165) is 42.0 Å². The molecule has 0 radical (unpaired) electrons. The van der Waals surface area contributed by atoms with Gasteiger partial charge < -0.3 is 15.0 Å². The van der Waals surface area contributed by atoms with E-state index >= 15 is 0 Å². The standard InChI is InChI=1S/C22H26N2O3S/c1-16-5-3-6-18(13-16)23-21(25)14-28-15-22(26)24-12-4-7-20(24)17-8-10-19(27-2)11-9-17/h3,5-6,8-11,13,20H,4,7,12,14-15H2,1-2H3,(H,23,25). The minimum atomic E-state index is -0.0865. The van der Waals surface area contributed by atoms with Crippen molar-refractivity contribution in [1.82, 2.24) is 4.90 Å². The lowest BCUT2D eigenvalue weighted by Gasteiger charge is -2.25. The van der Waals surface area contributed by atoms with E-state index in [2.05, 4.69) is 5.32 Å². The van der Waals surface area contributed by atoms with Crippen LogP contribution >= 0.6 is 11.8 Å². The second-order valence-corrected chi connectivity index (χ2v) is 7.91. The Morgan fingerprint density at radius 3 is 2.68 bits per heavy atom. The summed E-state index contributed by atoms with van der Waals surface area (Å²) in [6.07, 6.45) is 1.97. The van der Waals surface area contributed by atoms with Gasteiger partial charge in [0, 0.05) is 12.2 Å². The SMILES string of the molecule is COc1ccc(C2CCCN2C(=O)CSCC(=O)Nc2cccc(C)c2)cc1. The third kappa shape index (κ3) is 5.29. The van der Waals surface area contributed by atoms with E-state index in [1.165, 1.54) is 11.8 Å². The molecule has 1 N–H and O–H groups in total. The number of aryl methyl sites for hydroxylation is 1. The number of rotatable bonds is 7. The number of benzene rings is 2. The molecule has 1 heterocycles. The molecule has 2 aromatic rings. The van der Waals surface area contributed by atoms with E-state index in [1.54, 1.807) is 7.11 Å². The number of ether oxygens (including phenoxy) is 1. The van der Waals surface area contributed by atoms with Gasteiger partial charge in [0.2, 0.25) is 11.8 Å². The van der Waals surface area contributed by atoms with Crippen molar-refractivity contribution in [3.63, 3.8) is 0 Å². The Morgan fingerprint density at radius 1 is 1.18 bits per heavy atom. The summed E-state index contributed by atoms with van der Waals surface area (Å²) in [6.45, 7) is 2.75. The molecule has 0 bridgehead atoms. The van der Waals surface area contributed by atoms with Crippen molar-refractivity contribution < 1.29 is 14.3 Å². The van der Waals surface area contributed by atoms with Gasteiger partial charge in [-0.3, -0.25) is 9.59 Å². The Hall–Kier alpha value is -2.47. The van der Waals surface area contributed by atoms with E-state index in [4.69, 9.17) is 4.74 Å². The Morgan fingerprint density at radius 2 is 1.96 bits per heavy atom. The van der Waals surface area contributed by atoms with Crippen LogP contribution in [0.2, 0.25) is 0 Å². The molecule has 1 atom stereocenters. The molecule has 0 spiro atoms. The Kier molecular flexibility index (Phi) is 6.98. The van der Waals surface area contributed by atoms with Crippen LogP contribution in [0.4, 0.5) is 5.69 Å². The minimum absolute atomic E-state index is 0.0865. The van der Waals surface area contributed by atoms with Gasteiger partial charge in [-0.2, -0.15) is 0 Å². The Balaban J connectivity index is 1.48. The molecule has 1 aliphatic rings. The van der Waals surface area contributed by atoms with Crippen molar-refractivity contribution in [3.8, 4) is 5.75 Å². The molecular weight excluding hydrogens is 372 g/mol. The third-order valence-electron chi connectivity index (χ3n) is 4.83. The molecular formula is C22H26N2O3S. The van der Waals surface area contributed by atoms with Gasteiger partial charge in [-0.25, -0.2) is 0 Å². The summed E-state index contributed by atoms with van der Waals surface area (Å²) in [7, 11) is 1.65. The van der Waals surface area contributed by atoms with Crippen LogP contribution in [0.3, 0.4) is 0 Å². The van der Waals surface area contributed by atoms with Crippen LogP contribution in [0, 0.1) is 6.92 Å². The fraction of sp³-hybridized carbons (Fsp3) is 0.364. The van der Waals surface area contributed by atoms with Gasteiger partial charge in [-0.05, 0) is 55.2 Å². The first-order valence-electron chi connectivity index (χ1n) is 9.44. The van der Waals surface area contributed by atoms with Crippen molar-refractivity contribution >= 4 is 29.3 Å². The average Bonchev–Trinajstić information content (AvgIpc) is 3.18. The molecule has 0 aliphatic carbocycles. The molecule has 2 aromatic carbocycles. The number of carbonyl (C=O) groups is 2. The lowest BCUT2D eigenvalue weighted by Crippen LogP contribution is -2.32. The average molecular weight is 399 g/mol. The quantitative estimate of drug-likeness (QED) is 0.765. The van der Waals surface area contributed by atoms with Crippen molar-refractivity contribution in [3.05, 3.63) is 59.7 Å². The van der Waals surface area contributed by atoms with Gasteiger partial charge in [0.05, 0.1) is 24.7 Å². The molecule has 1 saturated heterocycles. The van der Waals surface area contributed by atoms with Gasteiger partial charge >= 0.3 is 0 Å². The fourth-order valence-electron chi connectivity index (χ4n) is 3.47. The number of carbonyl (C=O) groups excluding carboxylic acids is 2. The fourth-order valence-corrected chi connectivity index (χ4v) is 4.17. The smallest absolute Gasteiger partial charge is 0.234 e. The normalized spacial score (nSPS) is 16.1. The second kappa shape index (κ2) is 9.64.